The van der Waals surface area contributed by atoms with E-state index in [1.807, 2.05) is 29.6 Å². The summed E-state index contributed by atoms with van der Waals surface area (Å²) in [6.07, 6.45) is 5.24. The van der Waals surface area contributed by atoms with Crippen molar-refractivity contribution in [2.75, 3.05) is 25.1 Å². The topological polar surface area (TPSA) is 91.8 Å². The third-order valence-electron chi connectivity index (χ3n) is 4.95. The molecule has 0 fully saturated rings. The SMILES string of the molecule is CCCCCCCNC(=O)N(C)c1nc(-c2ccc(C[C@H](OCC)C(=O)O)cc2)cs1. The fraction of sp³-hybridized carbons (Fsp3) is 0.522. The number of urea groups is 1. The number of thiazole rings is 1. The lowest BCUT2D eigenvalue weighted by atomic mass is 10.0. The maximum absolute atomic E-state index is 12.4. The number of rotatable bonds is 13. The van der Waals surface area contributed by atoms with Crippen molar-refractivity contribution < 1.29 is 19.4 Å². The van der Waals surface area contributed by atoms with Crippen LogP contribution in [0, 0.1) is 0 Å². The number of ether oxygens (including phenoxy) is 1. The lowest BCUT2D eigenvalue weighted by molar-refractivity contribution is -0.149. The number of carboxylic acids is 1. The van der Waals surface area contributed by atoms with Gasteiger partial charge in [-0.15, -0.1) is 11.3 Å². The number of hydrogen-bond donors (Lipinski definition) is 2. The van der Waals surface area contributed by atoms with Crippen LogP contribution in [-0.2, 0) is 16.0 Å². The minimum atomic E-state index is -0.961. The summed E-state index contributed by atoms with van der Waals surface area (Å²) in [5.41, 5.74) is 2.58. The molecule has 1 atom stereocenters. The van der Waals surface area contributed by atoms with Crippen LogP contribution in [0.3, 0.4) is 0 Å². The van der Waals surface area contributed by atoms with Gasteiger partial charge in [0.25, 0.3) is 0 Å². The molecule has 0 bridgehead atoms. The maximum Gasteiger partial charge on any atom is 0.333 e. The highest BCUT2D eigenvalue weighted by Crippen LogP contribution is 2.27. The number of benzene rings is 1. The lowest BCUT2D eigenvalue weighted by Crippen LogP contribution is -2.37. The van der Waals surface area contributed by atoms with E-state index in [1.165, 1.54) is 35.5 Å². The second-order valence-electron chi connectivity index (χ2n) is 7.40. The zero-order valence-corrected chi connectivity index (χ0v) is 19.4. The minimum absolute atomic E-state index is 0.151. The Morgan fingerprint density at radius 3 is 2.52 bits per heavy atom. The van der Waals surface area contributed by atoms with Crippen molar-refractivity contribution in [2.24, 2.45) is 0 Å². The Bertz CT molecular complexity index is 822. The normalized spacial score (nSPS) is 11.8. The number of anilines is 1. The van der Waals surface area contributed by atoms with Crippen molar-refractivity contribution in [2.45, 2.75) is 58.5 Å². The van der Waals surface area contributed by atoms with Gasteiger partial charge in [0.2, 0.25) is 0 Å². The summed E-state index contributed by atoms with van der Waals surface area (Å²) in [5.74, 6) is -0.961. The Morgan fingerprint density at radius 2 is 1.87 bits per heavy atom. The molecule has 0 aliphatic carbocycles. The largest absolute Gasteiger partial charge is 0.479 e. The highest BCUT2D eigenvalue weighted by Gasteiger charge is 2.18. The van der Waals surface area contributed by atoms with Crippen molar-refractivity contribution in [1.82, 2.24) is 10.3 Å². The molecule has 0 spiro atoms. The number of hydrogen-bond acceptors (Lipinski definition) is 5. The van der Waals surface area contributed by atoms with Gasteiger partial charge >= 0.3 is 12.0 Å². The van der Waals surface area contributed by atoms with Crippen molar-refractivity contribution in [3.8, 4) is 11.3 Å². The van der Waals surface area contributed by atoms with Gasteiger partial charge in [-0.2, -0.15) is 0 Å². The van der Waals surface area contributed by atoms with Crippen LogP contribution in [0.15, 0.2) is 29.6 Å². The first kappa shape index (κ1) is 24.8. The van der Waals surface area contributed by atoms with Gasteiger partial charge in [0.15, 0.2) is 11.2 Å². The van der Waals surface area contributed by atoms with E-state index in [0.29, 0.717) is 24.7 Å². The highest BCUT2D eigenvalue weighted by molar-refractivity contribution is 7.14. The Hall–Kier alpha value is -2.45. The maximum atomic E-state index is 12.4. The fourth-order valence-corrected chi connectivity index (χ4v) is 3.92. The summed E-state index contributed by atoms with van der Waals surface area (Å²) >= 11 is 1.41. The predicted octanol–water partition coefficient (Wildman–Crippen LogP) is 4.96. The first-order valence-corrected chi connectivity index (χ1v) is 11.7. The quantitative estimate of drug-likeness (QED) is 0.424. The molecule has 2 rings (SSSR count). The fourth-order valence-electron chi connectivity index (χ4n) is 3.12. The van der Waals surface area contributed by atoms with E-state index in [2.05, 4.69) is 17.2 Å². The molecule has 2 amide bonds. The van der Waals surface area contributed by atoms with E-state index in [-0.39, 0.29) is 6.03 Å². The van der Waals surface area contributed by atoms with Gasteiger partial charge < -0.3 is 15.2 Å². The molecule has 0 aliphatic heterocycles. The number of aromatic nitrogens is 1. The molecule has 2 N–H and O–H groups in total. The summed E-state index contributed by atoms with van der Waals surface area (Å²) in [5, 5.41) is 14.7. The van der Waals surface area contributed by atoms with E-state index in [0.717, 1.165) is 29.7 Å². The van der Waals surface area contributed by atoms with Crippen LogP contribution in [0.4, 0.5) is 9.93 Å². The summed E-state index contributed by atoms with van der Waals surface area (Å²) in [6.45, 7) is 5.00. The standard InChI is InChI=1S/C23H33N3O4S/c1-4-6-7-8-9-14-24-22(29)26(3)23-25-19(16-31-23)18-12-10-17(11-13-18)15-20(21(27)28)30-5-2/h10-13,16,20H,4-9,14-15H2,1-3H3,(H,24,29)(H,27,28)/t20-/m0/s1. The predicted molar refractivity (Wildman–Crippen MR) is 125 cm³/mol. The zero-order valence-electron chi connectivity index (χ0n) is 18.6. The van der Waals surface area contributed by atoms with Crippen LogP contribution in [0.25, 0.3) is 11.3 Å². The van der Waals surface area contributed by atoms with Gasteiger partial charge in [0.05, 0.1) is 5.69 Å². The molecule has 0 saturated carbocycles. The molecule has 1 heterocycles. The molecule has 7 nitrogen and oxygen atoms in total. The molecule has 1 aromatic heterocycles. The number of unbranched alkanes of at least 4 members (excludes halogenated alkanes) is 4. The van der Waals surface area contributed by atoms with E-state index >= 15 is 0 Å². The first-order valence-electron chi connectivity index (χ1n) is 10.9. The average molecular weight is 448 g/mol. The van der Waals surface area contributed by atoms with Crippen LogP contribution in [0.5, 0.6) is 0 Å². The van der Waals surface area contributed by atoms with Gasteiger partial charge in [-0.3, -0.25) is 4.90 Å². The van der Waals surface area contributed by atoms with Gasteiger partial charge in [0, 0.05) is 37.6 Å². The molecule has 1 aromatic carbocycles. The molecule has 170 valence electrons. The smallest absolute Gasteiger partial charge is 0.333 e. The minimum Gasteiger partial charge on any atom is -0.479 e. The van der Waals surface area contributed by atoms with Crippen LogP contribution in [0.1, 0.15) is 51.5 Å². The molecule has 0 radical (unpaired) electrons. The Kier molecular flexibility index (Phi) is 10.5. The number of carbonyl (C=O) groups is 2. The number of carboxylic acid groups (broad SMARTS) is 1. The van der Waals surface area contributed by atoms with Crippen LogP contribution >= 0.6 is 11.3 Å². The monoisotopic (exact) mass is 447 g/mol. The van der Waals surface area contributed by atoms with Crippen LogP contribution in [-0.4, -0.2) is 48.4 Å². The number of aliphatic carboxylic acids is 1. The van der Waals surface area contributed by atoms with Crippen LogP contribution < -0.4 is 10.2 Å². The highest BCUT2D eigenvalue weighted by atomic mass is 32.1. The lowest BCUT2D eigenvalue weighted by Gasteiger charge is -2.14. The third kappa shape index (κ3) is 7.95. The molecule has 2 aromatic rings. The molecular formula is C23H33N3O4S. The van der Waals surface area contributed by atoms with Crippen molar-refractivity contribution in [3.63, 3.8) is 0 Å². The Morgan fingerprint density at radius 1 is 1.16 bits per heavy atom. The number of nitrogens with zero attached hydrogens (tertiary/aromatic N) is 2. The first-order chi connectivity index (χ1) is 15.0. The number of amides is 2. The van der Waals surface area contributed by atoms with E-state index in [1.54, 1.807) is 14.0 Å². The Labute approximate surface area is 188 Å². The molecular weight excluding hydrogens is 414 g/mol. The summed E-state index contributed by atoms with van der Waals surface area (Å²) in [6, 6.07) is 7.45. The van der Waals surface area contributed by atoms with E-state index in [4.69, 9.17) is 4.74 Å². The van der Waals surface area contributed by atoms with Crippen molar-refractivity contribution in [1.29, 1.82) is 0 Å². The van der Waals surface area contributed by atoms with E-state index in [9.17, 15) is 14.7 Å². The zero-order chi connectivity index (χ0) is 22.6. The second-order valence-corrected chi connectivity index (χ2v) is 8.24. The third-order valence-corrected chi connectivity index (χ3v) is 5.87. The van der Waals surface area contributed by atoms with Gasteiger partial charge in [-0.25, -0.2) is 14.6 Å². The molecule has 0 aliphatic rings. The summed E-state index contributed by atoms with van der Waals surface area (Å²) in [4.78, 5) is 29.7. The number of nitrogens with one attached hydrogen (secondary N) is 1. The van der Waals surface area contributed by atoms with Gasteiger partial charge in [-0.1, -0.05) is 56.9 Å². The number of carbonyl (C=O) groups excluding carboxylic acids is 1. The summed E-state index contributed by atoms with van der Waals surface area (Å²) < 4.78 is 5.27. The van der Waals surface area contributed by atoms with Crippen molar-refractivity contribution in [3.05, 3.63) is 35.2 Å². The molecule has 0 saturated heterocycles. The average Bonchev–Trinajstić information content (AvgIpc) is 3.25. The van der Waals surface area contributed by atoms with Crippen LogP contribution in [0.2, 0.25) is 0 Å². The molecule has 0 unspecified atom stereocenters. The molecule has 8 heteroatoms. The second kappa shape index (κ2) is 13.1. The molecule has 31 heavy (non-hydrogen) atoms. The van der Waals surface area contributed by atoms with Gasteiger partial charge in [0.1, 0.15) is 0 Å². The van der Waals surface area contributed by atoms with Crippen molar-refractivity contribution >= 4 is 28.5 Å². The van der Waals surface area contributed by atoms with Gasteiger partial charge in [-0.05, 0) is 18.9 Å². The Balaban J connectivity index is 1.91. The van der Waals surface area contributed by atoms with E-state index < -0.39 is 12.1 Å². The summed E-state index contributed by atoms with van der Waals surface area (Å²) in [7, 11) is 1.72.